The molecule has 1 aromatic carbocycles. The number of hydrogen-bond acceptors (Lipinski definition) is 6. The Hall–Kier alpha value is -2.71. The van der Waals surface area contributed by atoms with Gasteiger partial charge in [-0.2, -0.15) is 0 Å². The molecule has 0 spiro atoms. The van der Waals surface area contributed by atoms with Crippen molar-refractivity contribution in [1.29, 1.82) is 0 Å². The molecule has 2 heterocycles. The Bertz CT molecular complexity index is 1040. The van der Waals surface area contributed by atoms with Gasteiger partial charge >= 0.3 is 5.97 Å². The predicted molar refractivity (Wildman–Crippen MR) is 108 cm³/mol. The third kappa shape index (κ3) is 3.58. The Morgan fingerprint density at radius 1 is 1.15 bits per heavy atom. The highest BCUT2D eigenvalue weighted by Crippen LogP contribution is 2.35. The Morgan fingerprint density at radius 2 is 1.89 bits per heavy atom. The lowest BCUT2D eigenvalue weighted by Crippen LogP contribution is -2.18. The average molecular weight is 402 g/mol. The van der Waals surface area contributed by atoms with Crippen molar-refractivity contribution in [3.63, 3.8) is 0 Å². The van der Waals surface area contributed by atoms with E-state index in [9.17, 15) is 14.4 Å². The van der Waals surface area contributed by atoms with Crippen LogP contribution in [0.15, 0.2) is 29.6 Å². The van der Waals surface area contributed by atoms with Crippen LogP contribution in [0.2, 0.25) is 0 Å². The molecule has 8 heteroatoms. The van der Waals surface area contributed by atoms with Crippen LogP contribution in [0, 0.1) is 6.92 Å². The zero-order valence-corrected chi connectivity index (χ0v) is 16.7. The fourth-order valence-corrected chi connectivity index (χ4v) is 4.78. The first-order valence-corrected chi connectivity index (χ1v) is 9.97. The van der Waals surface area contributed by atoms with E-state index in [-0.39, 0.29) is 24.0 Å². The zero-order valence-electron chi connectivity index (χ0n) is 15.0. The van der Waals surface area contributed by atoms with Crippen LogP contribution in [0.4, 0.5) is 5.00 Å². The van der Waals surface area contributed by atoms with Crippen LogP contribution in [0.1, 0.15) is 42.9 Å². The van der Waals surface area contributed by atoms with E-state index in [0.29, 0.717) is 21.0 Å². The summed E-state index contributed by atoms with van der Waals surface area (Å²) in [5, 5.41) is 8.27. The van der Waals surface area contributed by atoms with E-state index in [1.165, 1.54) is 18.4 Å². The number of thiophene rings is 2. The molecule has 3 aromatic rings. The molecule has 0 aliphatic rings. The first-order chi connectivity index (χ1) is 13.0. The number of fused-ring (bicyclic) bond motifs is 1. The van der Waals surface area contributed by atoms with Crippen LogP contribution in [0.3, 0.4) is 0 Å². The van der Waals surface area contributed by atoms with Gasteiger partial charge in [-0.1, -0.05) is 18.2 Å². The summed E-state index contributed by atoms with van der Waals surface area (Å²) in [5.41, 5.74) is 1.23. The summed E-state index contributed by atoms with van der Waals surface area (Å²) in [6.07, 6.45) is 0. The number of carbonyl (C=O) groups is 3. The molecule has 2 aromatic heterocycles. The highest BCUT2D eigenvalue weighted by atomic mass is 32.1. The second kappa shape index (κ2) is 7.89. The summed E-state index contributed by atoms with van der Waals surface area (Å²) >= 11 is 2.54. The van der Waals surface area contributed by atoms with Gasteiger partial charge in [-0.15, -0.1) is 22.7 Å². The van der Waals surface area contributed by atoms with Gasteiger partial charge < -0.3 is 15.4 Å². The number of amides is 2. The smallest absolute Gasteiger partial charge is 0.341 e. The van der Waals surface area contributed by atoms with Crippen LogP contribution in [0.5, 0.6) is 0 Å². The van der Waals surface area contributed by atoms with Crippen molar-refractivity contribution in [2.75, 3.05) is 19.0 Å². The third-order valence-corrected chi connectivity index (χ3v) is 6.18. The lowest BCUT2D eigenvalue weighted by Gasteiger charge is -2.07. The van der Waals surface area contributed by atoms with Crippen molar-refractivity contribution in [1.82, 2.24) is 5.32 Å². The molecule has 27 heavy (non-hydrogen) atoms. The number of anilines is 1. The second-order valence-electron chi connectivity index (χ2n) is 5.66. The third-order valence-electron chi connectivity index (χ3n) is 4.01. The fourth-order valence-electron chi connectivity index (χ4n) is 2.70. The molecule has 2 amide bonds. The molecule has 0 aliphatic carbocycles. The number of esters is 1. The van der Waals surface area contributed by atoms with E-state index in [1.54, 1.807) is 19.2 Å². The average Bonchev–Trinajstić information content (AvgIpc) is 3.22. The number of benzene rings is 1. The number of hydrogen-bond donors (Lipinski definition) is 2. The van der Waals surface area contributed by atoms with Gasteiger partial charge in [0.2, 0.25) is 0 Å². The monoisotopic (exact) mass is 402 g/mol. The summed E-state index contributed by atoms with van der Waals surface area (Å²) in [6, 6.07) is 7.61. The molecule has 0 bridgehead atoms. The molecule has 3 rings (SSSR count). The molecule has 0 saturated carbocycles. The van der Waals surface area contributed by atoms with Crippen LogP contribution < -0.4 is 10.6 Å². The Balaban J connectivity index is 2.01. The molecule has 0 aliphatic heterocycles. The minimum absolute atomic E-state index is 0.200. The van der Waals surface area contributed by atoms with Crippen molar-refractivity contribution < 1.29 is 19.1 Å². The topological polar surface area (TPSA) is 84.5 Å². The number of rotatable bonds is 5. The van der Waals surface area contributed by atoms with Gasteiger partial charge in [-0.25, -0.2) is 4.79 Å². The number of nitrogens with one attached hydrogen (secondary N) is 2. The van der Waals surface area contributed by atoms with E-state index in [2.05, 4.69) is 10.6 Å². The standard InChI is InChI=1S/C19H18N2O4S2/c1-4-25-19(24)14-10(2)15(17(23)20-3)27-18(14)21-16(22)12-9-26-13-8-6-5-7-11(12)13/h5-9H,4H2,1-3H3,(H,20,23)(H,21,22). The minimum Gasteiger partial charge on any atom is -0.462 e. The highest BCUT2D eigenvalue weighted by molar-refractivity contribution is 7.19. The minimum atomic E-state index is -0.563. The van der Waals surface area contributed by atoms with Gasteiger partial charge in [-0.05, 0) is 25.5 Å². The maximum Gasteiger partial charge on any atom is 0.341 e. The van der Waals surface area contributed by atoms with Gasteiger partial charge in [-0.3, -0.25) is 9.59 Å². The van der Waals surface area contributed by atoms with E-state index in [0.717, 1.165) is 21.4 Å². The molecule has 0 atom stereocenters. The number of carbonyl (C=O) groups excluding carboxylic acids is 3. The van der Waals surface area contributed by atoms with Crippen LogP contribution >= 0.6 is 22.7 Å². The Labute approximate surface area is 164 Å². The highest BCUT2D eigenvalue weighted by Gasteiger charge is 2.27. The SMILES string of the molecule is CCOC(=O)c1c(NC(=O)c2csc3ccccc23)sc(C(=O)NC)c1C. The lowest BCUT2D eigenvalue weighted by atomic mass is 10.1. The second-order valence-corrected chi connectivity index (χ2v) is 7.59. The van der Waals surface area contributed by atoms with Gasteiger partial charge in [0.15, 0.2) is 0 Å². The van der Waals surface area contributed by atoms with Gasteiger partial charge in [0, 0.05) is 22.5 Å². The Morgan fingerprint density at radius 3 is 2.59 bits per heavy atom. The van der Waals surface area contributed by atoms with Crippen molar-refractivity contribution in [2.45, 2.75) is 13.8 Å². The summed E-state index contributed by atoms with van der Waals surface area (Å²) in [5.74, 6) is -1.21. The number of ether oxygens (including phenoxy) is 1. The maximum absolute atomic E-state index is 12.8. The van der Waals surface area contributed by atoms with E-state index < -0.39 is 5.97 Å². The normalized spacial score (nSPS) is 10.6. The first-order valence-electron chi connectivity index (χ1n) is 8.28. The molecule has 2 N–H and O–H groups in total. The fraction of sp³-hybridized carbons (Fsp3) is 0.211. The molecule has 0 radical (unpaired) electrons. The molecule has 140 valence electrons. The van der Waals surface area contributed by atoms with Crippen LogP contribution in [0.25, 0.3) is 10.1 Å². The summed E-state index contributed by atoms with van der Waals surface area (Å²) < 4.78 is 6.11. The lowest BCUT2D eigenvalue weighted by molar-refractivity contribution is 0.0527. The molecular formula is C19H18N2O4S2. The van der Waals surface area contributed by atoms with Crippen molar-refractivity contribution in [3.8, 4) is 0 Å². The molecule has 6 nitrogen and oxygen atoms in total. The van der Waals surface area contributed by atoms with E-state index in [4.69, 9.17) is 4.74 Å². The van der Waals surface area contributed by atoms with Gasteiger partial charge in [0.1, 0.15) is 5.00 Å². The van der Waals surface area contributed by atoms with Crippen molar-refractivity contribution >= 4 is 55.5 Å². The van der Waals surface area contributed by atoms with Crippen molar-refractivity contribution in [3.05, 3.63) is 51.2 Å². The van der Waals surface area contributed by atoms with Crippen LogP contribution in [-0.4, -0.2) is 31.4 Å². The predicted octanol–water partition coefficient (Wildman–Crippen LogP) is 4.06. The maximum atomic E-state index is 12.8. The van der Waals surface area contributed by atoms with E-state index in [1.807, 2.05) is 24.3 Å². The molecule has 0 unspecified atom stereocenters. The summed E-state index contributed by atoms with van der Waals surface area (Å²) in [4.78, 5) is 37.7. The summed E-state index contributed by atoms with van der Waals surface area (Å²) in [7, 11) is 1.52. The summed E-state index contributed by atoms with van der Waals surface area (Å²) in [6.45, 7) is 3.57. The molecule has 0 fully saturated rings. The largest absolute Gasteiger partial charge is 0.462 e. The first kappa shape index (κ1) is 19.1. The van der Waals surface area contributed by atoms with Crippen LogP contribution in [-0.2, 0) is 4.74 Å². The zero-order chi connectivity index (χ0) is 19.6. The quantitative estimate of drug-likeness (QED) is 0.631. The Kier molecular flexibility index (Phi) is 5.57. The van der Waals surface area contributed by atoms with Gasteiger partial charge in [0.25, 0.3) is 11.8 Å². The van der Waals surface area contributed by atoms with Crippen molar-refractivity contribution in [2.24, 2.45) is 0 Å². The van der Waals surface area contributed by atoms with Gasteiger partial charge in [0.05, 0.1) is 22.6 Å². The molecule has 0 saturated heterocycles. The van der Waals surface area contributed by atoms with E-state index >= 15 is 0 Å². The molecular weight excluding hydrogens is 384 g/mol.